The SMILES string of the molecule is Cc1ccc(S(=O)(=O)NC2CCCNC2)cc1C. The zero-order valence-electron chi connectivity index (χ0n) is 10.9. The number of hydrogen-bond donors (Lipinski definition) is 2. The van der Waals surface area contributed by atoms with Crippen LogP contribution in [0, 0.1) is 13.8 Å². The molecule has 1 saturated heterocycles. The Balaban J connectivity index is 2.16. The maximum Gasteiger partial charge on any atom is 0.240 e. The maximum atomic E-state index is 12.2. The molecule has 1 fully saturated rings. The summed E-state index contributed by atoms with van der Waals surface area (Å²) in [5.41, 5.74) is 2.10. The molecule has 0 radical (unpaired) electrons. The van der Waals surface area contributed by atoms with Gasteiger partial charge < -0.3 is 5.32 Å². The second-order valence-corrected chi connectivity index (χ2v) is 6.62. The Kier molecular flexibility index (Phi) is 4.04. The molecular weight excluding hydrogens is 248 g/mol. The summed E-state index contributed by atoms with van der Waals surface area (Å²) in [5, 5.41) is 3.20. The van der Waals surface area contributed by atoms with Crippen LogP contribution in [-0.4, -0.2) is 27.5 Å². The smallest absolute Gasteiger partial charge is 0.240 e. The molecule has 2 rings (SSSR count). The fraction of sp³-hybridized carbons (Fsp3) is 0.538. The van der Waals surface area contributed by atoms with Crippen LogP contribution in [0.2, 0.25) is 0 Å². The van der Waals surface area contributed by atoms with E-state index in [1.807, 2.05) is 19.9 Å². The first kappa shape index (κ1) is 13.5. The lowest BCUT2D eigenvalue weighted by atomic mass is 10.1. The summed E-state index contributed by atoms with van der Waals surface area (Å²) in [7, 11) is -3.39. The van der Waals surface area contributed by atoms with E-state index in [1.165, 1.54) is 0 Å². The maximum absolute atomic E-state index is 12.2. The standard InChI is InChI=1S/C13H20N2O2S/c1-10-5-6-13(8-11(10)2)18(16,17)15-12-4-3-7-14-9-12/h5-6,8,12,14-15H,3-4,7,9H2,1-2H3. The van der Waals surface area contributed by atoms with Crippen LogP contribution in [0.15, 0.2) is 23.1 Å². The molecule has 1 aromatic rings. The first-order chi connectivity index (χ1) is 8.49. The number of nitrogens with one attached hydrogen (secondary N) is 2. The summed E-state index contributed by atoms with van der Waals surface area (Å²) in [6.45, 7) is 5.59. The Morgan fingerprint density at radius 3 is 2.67 bits per heavy atom. The first-order valence-corrected chi connectivity index (χ1v) is 7.78. The van der Waals surface area contributed by atoms with Crippen molar-refractivity contribution in [2.45, 2.75) is 37.6 Å². The highest BCUT2D eigenvalue weighted by molar-refractivity contribution is 7.89. The van der Waals surface area contributed by atoms with Crippen molar-refractivity contribution >= 4 is 10.0 Å². The molecule has 4 nitrogen and oxygen atoms in total. The predicted molar refractivity (Wildman–Crippen MR) is 72.1 cm³/mol. The van der Waals surface area contributed by atoms with Crippen molar-refractivity contribution in [2.75, 3.05) is 13.1 Å². The largest absolute Gasteiger partial charge is 0.315 e. The third-order valence-corrected chi connectivity index (χ3v) is 4.93. The second-order valence-electron chi connectivity index (χ2n) is 4.91. The van der Waals surface area contributed by atoms with Crippen LogP contribution in [0.4, 0.5) is 0 Å². The monoisotopic (exact) mass is 268 g/mol. The molecule has 2 N–H and O–H groups in total. The van der Waals surface area contributed by atoms with Gasteiger partial charge in [-0.15, -0.1) is 0 Å². The zero-order valence-corrected chi connectivity index (χ0v) is 11.7. The van der Waals surface area contributed by atoms with Crippen LogP contribution in [0.3, 0.4) is 0 Å². The Hall–Kier alpha value is -0.910. The summed E-state index contributed by atoms with van der Waals surface area (Å²) in [6.07, 6.45) is 1.91. The lowest BCUT2D eigenvalue weighted by Gasteiger charge is -2.23. The van der Waals surface area contributed by atoms with Crippen molar-refractivity contribution in [3.8, 4) is 0 Å². The Morgan fingerprint density at radius 2 is 2.06 bits per heavy atom. The number of benzene rings is 1. The molecule has 0 aromatic heterocycles. The molecule has 1 aliphatic rings. The third kappa shape index (κ3) is 3.10. The van der Waals surface area contributed by atoms with Crippen molar-refractivity contribution < 1.29 is 8.42 Å². The normalized spacial score (nSPS) is 20.9. The van der Waals surface area contributed by atoms with Gasteiger partial charge in [0.2, 0.25) is 10.0 Å². The molecule has 1 aliphatic heterocycles. The fourth-order valence-electron chi connectivity index (χ4n) is 2.12. The van der Waals surface area contributed by atoms with Gasteiger partial charge in [-0.2, -0.15) is 0 Å². The van der Waals surface area contributed by atoms with Gasteiger partial charge in [-0.05, 0) is 56.5 Å². The van der Waals surface area contributed by atoms with E-state index >= 15 is 0 Å². The van der Waals surface area contributed by atoms with Gasteiger partial charge in [-0.25, -0.2) is 13.1 Å². The Bertz CT molecular complexity index is 520. The lowest BCUT2D eigenvalue weighted by Crippen LogP contribution is -2.45. The molecule has 0 saturated carbocycles. The van der Waals surface area contributed by atoms with E-state index in [9.17, 15) is 8.42 Å². The molecule has 5 heteroatoms. The van der Waals surface area contributed by atoms with Crippen LogP contribution < -0.4 is 10.0 Å². The Morgan fingerprint density at radius 1 is 1.28 bits per heavy atom. The number of aryl methyl sites for hydroxylation is 2. The fourth-order valence-corrected chi connectivity index (χ4v) is 3.48. The van der Waals surface area contributed by atoms with Gasteiger partial charge in [0, 0.05) is 12.6 Å². The molecule has 0 aliphatic carbocycles. The van der Waals surface area contributed by atoms with Crippen molar-refractivity contribution in [1.29, 1.82) is 0 Å². The van der Waals surface area contributed by atoms with Crippen molar-refractivity contribution in [1.82, 2.24) is 10.0 Å². The van der Waals surface area contributed by atoms with E-state index in [1.54, 1.807) is 12.1 Å². The summed E-state index contributed by atoms with van der Waals surface area (Å²) in [4.78, 5) is 0.358. The number of hydrogen-bond acceptors (Lipinski definition) is 3. The van der Waals surface area contributed by atoms with E-state index < -0.39 is 10.0 Å². The predicted octanol–water partition coefficient (Wildman–Crippen LogP) is 1.33. The minimum Gasteiger partial charge on any atom is -0.315 e. The highest BCUT2D eigenvalue weighted by atomic mass is 32.2. The van der Waals surface area contributed by atoms with E-state index in [4.69, 9.17) is 0 Å². The molecule has 0 bridgehead atoms. The summed E-state index contributed by atoms with van der Waals surface area (Å²) >= 11 is 0. The minimum atomic E-state index is -3.39. The molecule has 1 unspecified atom stereocenters. The van der Waals surface area contributed by atoms with Crippen molar-refractivity contribution in [3.63, 3.8) is 0 Å². The van der Waals surface area contributed by atoms with E-state index in [2.05, 4.69) is 10.0 Å². The average molecular weight is 268 g/mol. The summed E-state index contributed by atoms with van der Waals surface area (Å²) in [6, 6.07) is 5.25. The molecule has 0 spiro atoms. The van der Waals surface area contributed by atoms with Gasteiger partial charge in [0.25, 0.3) is 0 Å². The molecular formula is C13H20N2O2S. The highest BCUT2D eigenvalue weighted by Crippen LogP contribution is 2.15. The third-order valence-electron chi connectivity index (χ3n) is 3.41. The van der Waals surface area contributed by atoms with E-state index in [0.29, 0.717) is 11.4 Å². The minimum absolute atomic E-state index is 0.00496. The van der Waals surface area contributed by atoms with Gasteiger partial charge >= 0.3 is 0 Å². The van der Waals surface area contributed by atoms with E-state index in [-0.39, 0.29) is 6.04 Å². The van der Waals surface area contributed by atoms with Crippen LogP contribution in [0.5, 0.6) is 0 Å². The van der Waals surface area contributed by atoms with Crippen LogP contribution >= 0.6 is 0 Å². The molecule has 0 amide bonds. The molecule has 1 heterocycles. The second kappa shape index (κ2) is 5.38. The number of rotatable bonds is 3. The summed E-state index contributed by atoms with van der Waals surface area (Å²) in [5.74, 6) is 0. The topological polar surface area (TPSA) is 58.2 Å². The molecule has 100 valence electrons. The Labute approximate surface area is 109 Å². The van der Waals surface area contributed by atoms with Crippen LogP contribution in [0.25, 0.3) is 0 Å². The van der Waals surface area contributed by atoms with Crippen molar-refractivity contribution in [3.05, 3.63) is 29.3 Å². The van der Waals surface area contributed by atoms with Crippen molar-refractivity contribution in [2.24, 2.45) is 0 Å². The van der Waals surface area contributed by atoms with Crippen LogP contribution in [0.1, 0.15) is 24.0 Å². The van der Waals surface area contributed by atoms with E-state index in [0.717, 1.165) is 30.5 Å². The lowest BCUT2D eigenvalue weighted by molar-refractivity contribution is 0.428. The van der Waals surface area contributed by atoms with Gasteiger partial charge in [0.15, 0.2) is 0 Å². The highest BCUT2D eigenvalue weighted by Gasteiger charge is 2.21. The van der Waals surface area contributed by atoms with Gasteiger partial charge in [0.05, 0.1) is 4.90 Å². The molecule has 18 heavy (non-hydrogen) atoms. The number of sulfonamides is 1. The molecule has 1 atom stereocenters. The molecule has 1 aromatic carbocycles. The quantitative estimate of drug-likeness (QED) is 0.869. The van der Waals surface area contributed by atoms with Crippen LogP contribution in [-0.2, 0) is 10.0 Å². The first-order valence-electron chi connectivity index (χ1n) is 6.29. The van der Waals surface area contributed by atoms with Gasteiger partial charge in [-0.1, -0.05) is 6.07 Å². The van der Waals surface area contributed by atoms with Gasteiger partial charge in [0.1, 0.15) is 0 Å². The van der Waals surface area contributed by atoms with Gasteiger partial charge in [-0.3, -0.25) is 0 Å². The summed E-state index contributed by atoms with van der Waals surface area (Å²) < 4.78 is 27.2. The number of piperidine rings is 1. The average Bonchev–Trinajstić information content (AvgIpc) is 2.33. The zero-order chi connectivity index (χ0) is 13.2.